The molecule has 0 amide bonds. The monoisotopic (exact) mass is 987 g/mol. The van der Waals surface area contributed by atoms with Gasteiger partial charge in [0.15, 0.2) is 0 Å². The molecule has 0 spiro atoms. The van der Waals surface area contributed by atoms with Gasteiger partial charge in [-0.2, -0.15) is 0 Å². The molecule has 0 atom stereocenters. The van der Waals surface area contributed by atoms with E-state index in [1.807, 2.05) is 24.3 Å². The molecule has 0 aliphatic carbocycles. The van der Waals surface area contributed by atoms with E-state index in [1.54, 1.807) is 11.3 Å². The Morgan fingerprint density at radius 2 is 0.671 bits per heavy atom. The third-order valence-corrected chi connectivity index (χ3v) is 15.6. The van der Waals surface area contributed by atoms with E-state index in [1.165, 1.54) is 0 Å². The van der Waals surface area contributed by atoms with Crippen LogP contribution >= 0.6 is 11.3 Å². The molecule has 10 aromatic carbocycles. The van der Waals surface area contributed by atoms with Gasteiger partial charge < -0.3 is 4.42 Å². The van der Waals surface area contributed by atoms with Gasteiger partial charge in [-0.3, -0.25) is 0 Å². The molecule has 0 fully saturated rings. The highest BCUT2D eigenvalue weighted by Gasteiger charge is 2.19. The van der Waals surface area contributed by atoms with Gasteiger partial charge in [0.25, 0.3) is 0 Å². The second-order valence-electron chi connectivity index (χ2n) is 19.0. The number of para-hydroxylation sites is 1. The van der Waals surface area contributed by atoms with Crippen LogP contribution in [-0.2, 0) is 0 Å². The summed E-state index contributed by atoms with van der Waals surface area (Å²) in [6.45, 7) is 0. The van der Waals surface area contributed by atoms with E-state index in [4.69, 9.17) is 19.4 Å². The van der Waals surface area contributed by atoms with Crippen molar-refractivity contribution in [3.05, 3.63) is 273 Å². The van der Waals surface area contributed by atoms with E-state index in [0.29, 0.717) is 0 Å². The number of aromatic nitrogens is 3. The van der Waals surface area contributed by atoms with Crippen molar-refractivity contribution in [2.24, 2.45) is 0 Å². The molecule has 4 aromatic heterocycles. The third kappa shape index (κ3) is 8.35. The molecule has 14 rings (SSSR count). The van der Waals surface area contributed by atoms with E-state index in [9.17, 15) is 0 Å². The summed E-state index contributed by atoms with van der Waals surface area (Å²) < 4.78 is 7.29. The number of hydrogen-bond acceptors (Lipinski definition) is 5. The van der Waals surface area contributed by atoms with Crippen LogP contribution in [0.1, 0.15) is 0 Å². The molecule has 356 valence electrons. The van der Waals surface area contributed by atoms with Crippen molar-refractivity contribution in [1.29, 1.82) is 0 Å². The third-order valence-electron chi connectivity index (χ3n) is 14.4. The van der Waals surface area contributed by atoms with Crippen LogP contribution in [-0.4, -0.2) is 15.0 Å². The van der Waals surface area contributed by atoms with Crippen LogP contribution in [0.3, 0.4) is 0 Å². The van der Waals surface area contributed by atoms with Crippen LogP contribution in [0.5, 0.6) is 0 Å². The molecule has 4 heterocycles. The van der Waals surface area contributed by atoms with E-state index in [2.05, 4.69) is 249 Å². The molecule has 4 nitrogen and oxygen atoms in total. The number of benzene rings is 10. The highest BCUT2D eigenvalue weighted by atomic mass is 32.1. The molecular formula is C71H45N3OS. The van der Waals surface area contributed by atoms with E-state index < -0.39 is 0 Å². The summed E-state index contributed by atoms with van der Waals surface area (Å²) in [7, 11) is 0. The van der Waals surface area contributed by atoms with Crippen LogP contribution in [0.4, 0.5) is 0 Å². The summed E-state index contributed by atoms with van der Waals surface area (Å²) in [6.07, 6.45) is 0. The predicted octanol–water partition coefficient (Wildman–Crippen LogP) is 19.7. The Kier molecular flexibility index (Phi) is 11.3. The summed E-state index contributed by atoms with van der Waals surface area (Å²) in [5.41, 5.74) is 23.1. The minimum atomic E-state index is 0.893. The SMILES string of the molecule is c1ccc(-c2ccc(-c3ccc(-c4ccc(-c5ccc(-c6ccc(-c7ccccc7)nc6-c6ccccc6)cc5)c5sc(-c6ccc(-c7ccc8oc9ccccc9c8c7)cc6)nc45)cc3)c(-c3ccccc3)n2)cc1. The second-order valence-corrected chi connectivity index (χ2v) is 20.0. The van der Waals surface area contributed by atoms with Crippen molar-refractivity contribution in [2.75, 3.05) is 0 Å². The Labute approximate surface area is 444 Å². The van der Waals surface area contributed by atoms with Gasteiger partial charge in [0, 0.05) is 60.8 Å². The molecule has 14 aromatic rings. The average molecular weight is 988 g/mol. The van der Waals surface area contributed by atoms with Crippen molar-refractivity contribution in [3.8, 4) is 111 Å². The number of rotatable bonds is 10. The van der Waals surface area contributed by atoms with Gasteiger partial charge in [-0.05, 0) is 63.7 Å². The molecule has 0 saturated heterocycles. The topological polar surface area (TPSA) is 51.8 Å². The molecule has 5 heteroatoms. The first-order valence-corrected chi connectivity index (χ1v) is 26.4. The van der Waals surface area contributed by atoms with E-state index in [-0.39, 0.29) is 0 Å². The largest absolute Gasteiger partial charge is 0.456 e. The normalized spacial score (nSPS) is 11.4. The zero-order chi connectivity index (χ0) is 50.4. The fourth-order valence-corrected chi connectivity index (χ4v) is 11.6. The zero-order valence-corrected chi connectivity index (χ0v) is 42.0. The maximum absolute atomic E-state index is 6.15. The van der Waals surface area contributed by atoms with Gasteiger partial charge in [-0.1, -0.05) is 243 Å². The van der Waals surface area contributed by atoms with Crippen molar-refractivity contribution >= 4 is 43.5 Å². The minimum absolute atomic E-state index is 0.893. The number of hydrogen-bond donors (Lipinski definition) is 0. The molecule has 0 aliphatic heterocycles. The number of nitrogens with zero attached hydrogens (tertiary/aromatic N) is 3. The van der Waals surface area contributed by atoms with Crippen molar-refractivity contribution in [2.45, 2.75) is 0 Å². The summed E-state index contributed by atoms with van der Waals surface area (Å²) >= 11 is 1.74. The first kappa shape index (κ1) is 44.9. The Morgan fingerprint density at radius 1 is 0.263 bits per heavy atom. The molecule has 0 aliphatic rings. The molecule has 0 saturated carbocycles. The zero-order valence-electron chi connectivity index (χ0n) is 41.1. The van der Waals surface area contributed by atoms with Crippen molar-refractivity contribution in [1.82, 2.24) is 15.0 Å². The lowest BCUT2D eigenvalue weighted by molar-refractivity contribution is 0.669. The number of fused-ring (bicyclic) bond motifs is 4. The lowest BCUT2D eigenvalue weighted by Crippen LogP contribution is -1.93. The smallest absolute Gasteiger partial charge is 0.135 e. The second kappa shape index (κ2) is 19.2. The van der Waals surface area contributed by atoms with E-state index in [0.717, 1.165) is 143 Å². The summed E-state index contributed by atoms with van der Waals surface area (Å²) in [5, 5.41) is 3.21. The average Bonchev–Trinajstić information content (AvgIpc) is 4.16. The van der Waals surface area contributed by atoms with Gasteiger partial charge in [-0.25, -0.2) is 15.0 Å². The maximum Gasteiger partial charge on any atom is 0.135 e. The molecule has 0 radical (unpaired) electrons. The van der Waals surface area contributed by atoms with Gasteiger partial charge in [0.1, 0.15) is 16.2 Å². The number of thiazole rings is 1. The Bertz CT molecular complexity index is 4190. The fraction of sp³-hybridized carbons (Fsp3) is 0. The Morgan fingerprint density at radius 3 is 1.22 bits per heavy atom. The van der Waals surface area contributed by atoms with Gasteiger partial charge >= 0.3 is 0 Å². The molecule has 0 N–H and O–H groups in total. The Hall–Kier alpha value is -9.81. The maximum atomic E-state index is 6.15. The summed E-state index contributed by atoms with van der Waals surface area (Å²) in [4.78, 5) is 16.1. The highest BCUT2D eigenvalue weighted by Crippen LogP contribution is 2.44. The predicted molar refractivity (Wildman–Crippen MR) is 317 cm³/mol. The Balaban J connectivity index is 0.853. The van der Waals surface area contributed by atoms with Crippen LogP contribution in [0.2, 0.25) is 0 Å². The molecular weight excluding hydrogens is 943 g/mol. The van der Waals surface area contributed by atoms with Crippen molar-refractivity contribution in [3.63, 3.8) is 0 Å². The molecule has 76 heavy (non-hydrogen) atoms. The van der Waals surface area contributed by atoms with Crippen LogP contribution in [0.25, 0.3) is 143 Å². The van der Waals surface area contributed by atoms with Gasteiger partial charge in [-0.15, -0.1) is 11.3 Å². The standard InChI is InChI=1S/C71H45N3OS/c1-5-15-51(16-6-1)63-42-40-57(67(72-63)53-19-9-3-10-20-53)47-27-29-49(30-28-47)59-38-39-60(50-33-31-48(32-34-50)58-41-43-64(52-17-7-2-8-18-52)73-68(58)54-21-11-4-12-22-54)70-69(59)74-71(76-70)55-35-25-46(26-36-55)56-37-44-66-62(45-56)61-23-13-14-24-65(61)75-66/h1-45H. The van der Waals surface area contributed by atoms with Gasteiger partial charge in [0.2, 0.25) is 0 Å². The summed E-state index contributed by atoms with van der Waals surface area (Å²) in [5.74, 6) is 0. The van der Waals surface area contributed by atoms with Crippen LogP contribution < -0.4 is 0 Å². The van der Waals surface area contributed by atoms with Gasteiger partial charge in [0.05, 0.1) is 33.0 Å². The first-order valence-electron chi connectivity index (χ1n) is 25.6. The first-order chi connectivity index (χ1) is 37.6. The van der Waals surface area contributed by atoms with Crippen LogP contribution in [0.15, 0.2) is 277 Å². The van der Waals surface area contributed by atoms with E-state index >= 15 is 0 Å². The lowest BCUT2D eigenvalue weighted by Gasteiger charge is -2.14. The van der Waals surface area contributed by atoms with Crippen molar-refractivity contribution < 1.29 is 4.42 Å². The quantitative estimate of drug-likeness (QED) is 0.137. The van der Waals surface area contributed by atoms with Crippen LogP contribution in [0, 0.1) is 0 Å². The molecule has 0 bridgehead atoms. The number of pyridine rings is 2. The fourth-order valence-electron chi connectivity index (χ4n) is 10.5. The minimum Gasteiger partial charge on any atom is -0.456 e. The summed E-state index contributed by atoms with van der Waals surface area (Å²) in [6, 6.07) is 96.3. The molecule has 0 unspecified atom stereocenters. The lowest BCUT2D eigenvalue weighted by atomic mass is 9.94. The number of furan rings is 1. The highest BCUT2D eigenvalue weighted by molar-refractivity contribution is 7.22.